The van der Waals surface area contributed by atoms with E-state index in [1.54, 1.807) is 7.11 Å². The van der Waals surface area contributed by atoms with Crippen molar-refractivity contribution in [1.82, 2.24) is 4.90 Å². The Morgan fingerprint density at radius 1 is 1.45 bits per heavy atom. The first-order chi connectivity index (χ1) is 9.63. The summed E-state index contributed by atoms with van der Waals surface area (Å²) in [7, 11) is 1.73. The normalized spacial score (nSPS) is 24.6. The zero-order valence-corrected chi connectivity index (χ0v) is 14.2. The lowest BCUT2D eigenvalue weighted by Crippen LogP contribution is -2.41. The molecule has 20 heavy (non-hydrogen) atoms. The Labute approximate surface area is 134 Å². The van der Waals surface area contributed by atoms with Crippen LogP contribution < -0.4 is 5.73 Å². The molecule has 0 bridgehead atoms. The molecule has 0 radical (unpaired) electrons. The van der Waals surface area contributed by atoms with Gasteiger partial charge < -0.3 is 10.5 Å². The Bertz CT molecular complexity index is 444. The number of nitrogens with two attached hydrogens (primary N) is 1. The van der Waals surface area contributed by atoms with Crippen LogP contribution in [0.2, 0.25) is 5.02 Å². The Morgan fingerprint density at radius 3 is 3.00 bits per heavy atom. The number of nitrogens with zero attached hydrogens (tertiary/aromatic N) is 1. The standard InChI is InChI=1S/C15H22BrClN2O/c1-20-9-8-19-7-3-2-4-14(18)15(19)12-10-11(16)5-6-13(12)17/h5-6,10,14-15H,2-4,7-9,18H2,1H3. The molecule has 0 aromatic heterocycles. The van der Waals surface area contributed by atoms with Crippen molar-refractivity contribution in [3.63, 3.8) is 0 Å². The SMILES string of the molecule is COCCN1CCCCC(N)C1c1cc(Br)ccc1Cl. The second-order valence-electron chi connectivity index (χ2n) is 5.30. The largest absolute Gasteiger partial charge is 0.383 e. The minimum absolute atomic E-state index is 0.112. The van der Waals surface area contributed by atoms with E-state index in [4.69, 9.17) is 22.1 Å². The third-order valence-electron chi connectivity index (χ3n) is 3.89. The number of likely N-dealkylation sites (tertiary alicyclic amines) is 1. The topological polar surface area (TPSA) is 38.5 Å². The molecular formula is C15H22BrClN2O. The van der Waals surface area contributed by atoms with Crippen LogP contribution in [0.1, 0.15) is 30.9 Å². The van der Waals surface area contributed by atoms with Crippen molar-refractivity contribution in [3.05, 3.63) is 33.3 Å². The van der Waals surface area contributed by atoms with Gasteiger partial charge in [-0.25, -0.2) is 0 Å². The highest BCUT2D eigenvalue weighted by molar-refractivity contribution is 9.10. The Morgan fingerprint density at radius 2 is 2.25 bits per heavy atom. The first-order valence-electron chi connectivity index (χ1n) is 7.07. The number of hydrogen-bond acceptors (Lipinski definition) is 3. The van der Waals surface area contributed by atoms with Crippen molar-refractivity contribution < 1.29 is 4.74 Å². The van der Waals surface area contributed by atoms with E-state index in [1.807, 2.05) is 12.1 Å². The van der Waals surface area contributed by atoms with Crippen LogP contribution >= 0.6 is 27.5 Å². The van der Waals surface area contributed by atoms with E-state index in [9.17, 15) is 0 Å². The molecule has 2 atom stereocenters. The van der Waals surface area contributed by atoms with Gasteiger partial charge in [-0.15, -0.1) is 0 Å². The van der Waals surface area contributed by atoms with Gasteiger partial charge >= 0.3 is 0 Å². The van der Waals surface area contributed by atoms with Crippen LogP contribution in [-0.4, -0.2) is 37.7 Å². The van der Waals surface area contributed by atoms with E-state index in [-0.39, 0.29) is 12.1 Å². The predicted octanol–water partition coefficient (Wildman–Crippen LogP) is 3.60. The Kier molecular flexibility index (Phi) is 6.30. The number of rotatable bonds is 4. The second kappa shape index (κ2) is 7.76. The van der Waals surface area contributed by atoms with E-state index in [1.165, 1.54) is 12.8 Å². The molecule has 3 nitrogen and oxygen atoms in total. The molecule has 0 saturated carbocycles. The molecule has 2 N–H and O–H groups in total. The van der Waals surface area contributed by atoms with Crippen molar-refractivity contribution in [3.8, 4) is 0 Å². The monoisotopic (exact) mass is 360 g/mol. The number of halogens is 2. The van der Waals surface area contributed by atoms with Crippen LogP contribution in [0.15, 0.2) is 22.7 Å². The molecule has 1 aliphatic heterocycles. The zero-order valence-electron chi connectivity index (χ0n) is 11.8. The fourth-order valence-electron chi connectivity index (χ4n) is 2.89. The molecular weight excluding hydrogens is 340 g/mol. The lowest BCUT2D eigenvalue weighted by atomic mass is 9.96. The van der Waals surface area contributed by atoms with Gasteiger partial charge in [0.1, 0.15) is 0 Å². The van der Waals surface area contributed by atoms with Gasteiger partial charge in [0.2, 0.25) is 0 Å². The zero-order chi connectivity index (χ0) is 14.5. The van der Waals surface area contributed by atoms with Crippen molar-refractivity contribution in [2.24, 2.45) is 5.73 Å². The summed E-state index contributed by atoms with van der Waals surface area (Å²) in [4.78, 5) is 2.41. The van der Waals surface area contributed by atoms with Crippen LogP contribution in [-0.2, 0) is 4.74 Å². The molecule has 1 heterocycles. The van der Waals surface area contributed by atoms with E-state index < -0.39 is 0 Å². The van der Waals surface area contributed by atoms with Crippen molar-refractivity contribution in [2.45, 2.75) is 31.3 Å². The highest BCUT2D eigenvalue weighted by atomic mass is 79.9. The van der Waals surface area contributed by atoms with Crippen LogP contribution in [0, 0.1) is 0 Å². The summed E-state index contributed by atoms with van der Waals surface area (Å²) in [6.45, 7) is 2.65. The fraction of sp³-hybridized carbons (Fsp3) is 0.600. The number of benzene rings is 1. The molecule has 0 spiro atoms. The third kappa shape index (κ3) is 3.95. The molecule has 1 aromatic carbocycles. The minimum Gasteiger partial charge on any atom is -0.383 e. The number of methoxy groups -OCH3 is 1. The summed E-state index contributed by atoms with van der Waals surface area (Å²) in [6.07, 6.45) is 3.39. The third-order valence-corrected chi connectivity index (χ3v) is 4.73. The molecule has 1 aliphatic rings. The van der Waals surface area contributed by atoms with Gasteiger partial charge in [0.25, 0.3) is 0 Å². The van der Waals surface area contributed by atoms with Gasteiger partial charge in [-0.05, 0) is 43.1 Å². The Balaban J connectivity index is 2.31. The molecule has 112 valence electrons. The first-order valence-corrected chi connectivity index (χ1v) is 8.24. The van der Waals surface area contributed by atoms with Gasteiger partial charge in [0.15, 0.2) is 0 Å². The van der Waals surface area contributed by atoms with Crippen LogP contribution in [0.5, 0.6) is 0 Å². The number of hydrogen-bond donors (Lipinski definition) is 1. The van der Waals surface area contributed by atoms with E-state index in [0.29, 0.717) is 0 Å². The maximum Gasteiger partial charge on any atom is 0.0589 e. The van der Waals surface area contributed by atoms with Gasteiger partial charge in [0.05, 0.1) is 12.6 Å². The van der Waals surface area contributed by atoms with Gasteiger partial charge in [-0.1, -0.05) is 34.0 Å². The van der Waals surface area contributed by atoms with Gasteiger partial charge in [-0.3, -0.25) is 4.90 Å². The summed E-state index contributed by atoms with van der Waals surface area (Å²) in [5.41, 5.74) is 7.55. The van der Waals surface area contributed by atoms with Crippen molar-refractivity contribution >= 4 is 27.5 Å². The highest BCUT2D eigenvalue weighted by Crippen LogP contribution is 2.35. The first kappa shape index (κ1) is 16.2. The molecule has 2 rings (SSSR count). The minimum atomic E-state index is 0.112. The lowest BCUT2D eigenvalue weighted by molar-refractivity contribution is 0.115. The van der Waals surface area contributed by atoms with Crippen LogP contribution in [0.25, 0.3) is 0 Å². The maximum atomic E-state index is 6.44. The smallest absolute Gasteiger partial charge is 0.0589 e. The molecule has 0 amide bonds. The molecule has 5 heteroatoms. The van der Waals surface area contributed by atoms with Crippen molar-refractivity contribution in [1.29, 1.82) is 0 Å². The molecule has 2 unspecified atom stereocenters. The molecule has 1 aromatic rings. The summed E-state index contributed by atoms with van der Waals surface area (Å²) in [5, 5.41) is 0.790. The summed E-state index contributed by atoms with van der Waals surface area (Å²) in [6, 6.07) is 6.28. The quantitative estimate of drug-likeness (QED) is 0.890. The van der Waals surface area contributed by atoms with Crippen LogP contribution in [0.3, 0.4) is 0 Å². The lowest BCUT2D eigenvalue weighted by Gasteiger charge is -2.34. The Hall–Kier alpha value is -0.130. The van der Waals surface area contributed by atoms with E-state index >= 15 is 0 Å². The highest BCUT2D eigenvalue weighted by Gasteiger charge is 2.30. The molecule has 1 fully saturated rings. The van der Waals surface area contributed by atoms with E-state index in [0.717, 1.165) is 41.2 Å². The van der Waals surface area contributed by atoms with Crippen molar-refractivity contribution in [2.75, 3.05) is 26.8 Å². The van der Waals surface area contributed by atoms with Gasteiger partial charge in [0, 0.05) is 29.2 Å². The number of ether oxygens (including phenoxy) is 1. The van der Waals surface area contributed by atoms with Crippen LogP contribution in [0.4, 0.5) is 0 Å². The molecule has 1 saturated heterocycles. The predicted molar refractivity (Wildman–Crippen MR) is 87.2 cm³/mol. The second-order valence-corrected chi connectivity index (χ2v) is 6.62. The fourth-order valence-corrected chi connectivity index (χ4v) is 3.50. The summed E-state index contributed by atoms with van der Waals surface area (Å²) < 4.78 is 6.28. The van der Waals surface area contributed by atoms with Gasteiger partial charge in [-0.2, -0.15) is 0 Å². The maximum absolute atomic E-state index is 6.44. The average Bonchev–Trinajstić information content (AvgIpc) is 2.61. The van der Waals surface area contributed by atoms with E-state index in [2.05, 4.69) is 26.9 Å². The summed E-state index contributed by atoms with van der Waals surface area (Å²) in [5.74, 6) is 0. The molecule has 0 aliphatic carbocycles. The average molecular weight is 362 g/mol. The summed E-state index contributed by atoms with van der Waals surface area (Å²) >= 11 is 9.95.